The van der Waals surface area contributed by atoms with E-state index in [4.69, 9.17) is 4.98 Å². The predicted molar refractivity (Wildman–Crippen MR) is 74.7 cm³/mol. The second kappa shape index (κ2) is 6.50. The molecule has 1 heterocycles. The summed E-state index contributed by atoms with van der Waals surface area (Å²) in [6, 6.07) is 0.483. The first-order valence-electron chi connectivity index (χ1n) is 7.01. The summed E-state index contributed by atoms with van der Waals surface area (Å²) in [5, 5.41) is 4.76. The van der Waals surface area contributed by atoms with E-state index in [1.54, 1.807) is 4.88 Å². The molecule has 2 nitrogen and oxygen atoms in total. The fourth-order valence-corrected chi connectivity index (χ4v) is 3.81. The molecule has 0 amide bonds. The smallest absolute Gasteiger partial charge is 0.110 e. The van der Waals surface area contributed by atoms with Gasteiger partial charge in [-0.05, 0) is 39.2 Å². The predicted octanol–water partition coefficient (Wildman–Crippen LogP) is 3.86. The third-order valence-corrected chi connectivity index (χ3v) is 4.88. The third-order valence-electron chi connectivity index (χ3n) is 3.61. The second-order valence-electron chi connectivity index (χ2n) is 4.97. The van der Waals surface area contributed by atoms with Gasteiger partial charge in [-0.15, -0.1) is 11.3 Å². The number of fused-ring (bicyclic) bond motifs is 1. The summed E-state index contributed by atoms with van der Waals surface area (Å²) >= 11 is 1.95. The van der Waals surface area contributed by atoms with Gasteiger partial charge in [-0.25, -0.2) is 4.98 Å². The molecule has 3 heteroatoms. The van der Waals surface area contributed by atoms with Crippen molar-refractivity contribution in [1.82, 2.24) is 10.3 Å². The summed E-state index contributed by atoms with van der Waals surface area (Å²) in [7, 11) is 2.07. The standard InChI is InChI=1S/C14H24N2S/c1-3-4-5-9-12(15-2)14-16-11-8-6-7-10-13(11)17-14/h12,15H,3-10H2,1-2H3. The van der Waals surface area contributed by atoms with Crippen molar-refractivity contribution in [3.05, 3.63) is 15.6 Å². The Morgan fingerprint density at radius 2 is 2.12 bits per heavy atom. The summed E-state index contributed by atoms with van der Waals surface area (Å²) in [5.41, 5.74) is 1.40. The van der Waals surface area contributed by atoms with Crippen LogP contribution in [0.25, 0.3) is 0 Å². The molecular weight excluding hydrogens is 228 g/mol. The van der Waals surface area contributed by atoms with Crippen LogP contribution >= 0.6 is 11.3 Å². The van der Waals surface area contributed by atoms with Crippen LogP contribution in [0.5, 0.6) is 0 Å². The Morgan fingerprint density at radius 3 is 2.82 bits per heavy atom. The highest BCUT2D eigenvalue weighted by Gasteiger charge is 2.19. The molecule has 1 unspecified atom stereocenters. The van der Waals surface area contributed by atoms with Gasteiger partial charge in [-0.3, -0.25) is 0 Å². The maximum atomic E-state index is 4.86. The van der Waals surface area contributed by atoms with E-state index in [1.807, 2.05) is 11.3 Å². The lowest BCUT2D eigenvalue weighted by Crippen LogP contribution is -2.16. The van der Waals surface area contributed by atoms with Gasteiger partial charge >= 0.3 is 0 Å². The molecule has 0 radical (unpaired) electrons. The second-order valence-corrected chi connectivity index (χ2v) is 6.08. The molecule has 17 heavy (non-hydrogen) atoms. The molecule has 1 aromatic rings. The van der Waals surface area contributed by atoms with E-state index in [0.717, 1.165) is 0 Å². The molecule has 0 saturated heterocycles. The van der Waals surface area contributed by atoms with Crippen molar-refractivity contribution in [2.24, 2.45) is 0 Å². The van der Waals surface area contributed by atoms with Gasteiger partial charge in [0.05, 0.1) is 11.7 Å². The molecule has 0 fully saturated rings. The normalized spacial score (nSPS) is 16.8. The highest BCUT2D eigenvalue weighted by molar-refractivity contribution is 7.11. The molecule has 96 valence electrons. The number of aryl methyl sites for hydroxylation is 2. The summed E-state index contributed by atoms with van der Waals surface area (Å²) in [6.07, 6.45) is 10.3. The van der Waals surface area contributed by atoms with Gasteiger partial charge in [-0.1, -0.05) is 26.2 Å². The minimum absolute atomic E-state index is 0.483. The maximum absolute atomic E-state index is 4.86. The third kappa shape index (κ3) is 3.29. The number of hydrogen-bond acceptors (Lipinski definition) is 3. The SMILES string of the molecule is CCCCCC(NC)c1nc2c(s1)CCCC2. The Bertz CT molecular complexity index is 322. The zero-order valence-corrected chi connectivity index (χ0v) is 11.9. The quantitative estimate of drug-likeness (QED) is 0.778. The van der Waals surface area contributed by atoms with E-state index in [-0.39, 0.29) is 0 Å². The van der Waals surface area contributed by atoms with Crippen LogP contribution in [0.4, 0.5) is 0 Å². The lowest BCUT2D eigenvalue weighted by Gasteiger charge is -2.12. The van der Waals surface area contributed by atoms with Gasteiger partial charge in [0.15, 0.2) is 0 Å². The van der Waals surface area contributed by atoms with Crippen LogP contribution < -0.4 is 5.32 Å². The van der Waals surface area contributed by atoms with Crippen molar-refractivity contribution < 1.29 is 0 Å². The number of aromatic nitrogens is 1. The summed E-state index contributed by atoms with van der Waals surface area (Å²) in [4.78, 5) is 6.41. The lowest BCUT2D eigenvalue weighted by molar-refractivity contribution is 0.508. The molecule has 0 bridgehead atoms. The fraction of sp³-hybridized carbons (Fsp3) is 0.786. The van der Waals surface area contributed by atoms with Crippen molar-refractivity contribution in [2.75, 3.05) is 7.05 Å². The van der Waals surface area contributed by atoms with E-state index >= 15 is 0 Å². The van der Waals surface area contributed by atoms with Crippen molar-refractivity contribution in [3.8, 4) is 0 Å². The van der Waals surface area contributed by atoms with Crippen molar-refractivity contribution in [1.29, 1.82) is 0 Å². The van der Waals surface area contributed by atoms with Gasteiger partial charge in [0.1, 0.15) is 5.01 Å². The van der Waals surface area contributed by atoms with Gasteiger partial charge in [0.25, 0.3) is 0 Å². The molecule has 2 rings (SSSR count). The average Bonchev–Trinajstić information content (AvgIpc) is 2.78. The van der Waals surface area contributed by atoms with E-state index in [9.17, 15) is 0 Å². The molecule has 1 aliphatic rings. The van der Waals surface area contributed by atoms with Gasteiger partial charge in [0, 0.05) is 4.88 Å². The first kappa shape index (κ1) is 13.0. The first-order chi connectivity index (χ1) is 8.35. The van der Waals surface area contributed by atoms with Crippen LogP contribution in [0.1, 0.15) is 67.1 Å². The molecule has 1 N–H and O–H groups in total. The van der Waals surface area contributed by atoms with Gasteiger partial charge in [-0.2, -0.15) is 0 Å². The Balaban J connectivity index is 2.00. The molecular formula is C14H24N2S. The Morgan fingerprint density at radius 1 is 1.29 bits per heavy atom. The number of nitrogens with zero attached hydrogens (tertiary/aromatic N) is 1. The molecule has 0 aromatic carbocycles. The first-order valence-corrected chi connectivity index (χ1v) is 7.82. The van der Waals surface area contributed by atoms with Crippen molar-refractivity contribution in [3.63, 3.8) is 0 Å². The van der Waals surface area contributed by atoms with E-state index < -0.39 is 0 Å². The number of hydrogen-bond donors (Lipinski definition) is 1. The molecule has 1 aromatic heterocycles. The Labute approximate surface area is 109 Å². The van der Waals surface area contributed by atoms with Crippen LogP contribution in [0.3, 0.4) is 0 Å². The lowest BCUT2D eigenvalue weighted by atomic mass is 10.0. The van der Waals surface area contributed by atoms with Crippen LogP contribution in [0.15, 0.2) is 0 Å². The van der Waals surface area contributed by atoms with Crippen molar-refractivity contribution in [2.45, 2.75) is 64.3 Å². The van der Waals surface area contributed by atoms with Gasteiger partial charge < -0.3 is 5.32 Å². The van der Waals surface area contributed by atoms with Crippen molar-refractivity contribution >= 4 is 11.3 Å². The zero-order valence-electron chi connectivity index (χ0n) is 11.1. The Kier molecular flexibility index (Phi) is 4.99. The highest BCUT2D eigenvalue weighted by Crippen LogP contribution is 2.31. The Hall–Kier alpha value is -0.410. The highest BCUT2D eigenvalue weighted by atomic mass is 32.1. The van der Waals surface area contributed by atoms with Crippen LogP contribution in [0, 0.1) is 0 Å². The van der Waals surface area contributed by atoms with Gasteiger partial charge in [0.2, 0.25) is 0 Å². The molecule has 0 spiro atoms. The fourth-order valence-electron chi connectivity index (χ4n) is 2.51. The number of thiazole rings is 1. The number of nitrogens with one attached hydrogen (secondary N) is 1. The van der Waals surface area contributed by atoms with Crippen LogP contribution in [-0.2, 0) is 12.8 Å². The average molecular weight is 252 g/mol. The maximum Gasteiger partial charge on any atom is 0.110 e. The largest absolute Gasteiger partial charge is 0.311 e. The monoisotopic (exact) mass is 252 g/mol. The summed E-state index contributed by atoms with van der Waals surface area (Å²) < 4.78 is 0. The topological polar surface area (TPSA) is 24.9 Å². The van der Waals surface area contributed by atoms with E-state index in [0.29, 0.717) is 6.04 Å². The van der Waals surface area contributed by atoms with Crippen LogP contribution in [0.2, 0.25) is 0 Å². The molecule has 0 saturated carbocycles. The number of rotatable bonds is 6. The van der Waals surface area contributed by atoms with E-state index in [1.165, 1.54) is 62.1 Å². The number of unbranched alkanes of at least 4 members (excludes halogenated alkanes) is 2. The summed E-state index contributed by atoms with van der Waals surface area (Å²) in [6.45, 7) is 2.26. The summed E-state index contributed by atoms with van der Waals surface area (Å²) in [5.74, 6) is 0. The van der Waals surface area contributed by atoms with E-state index in [2.05, 4.69) is 19.3 Å². The molecule has 0 aliphatic heterocycles. The zero-order chi connectivity index (χ0) is 12.1. The minimum atomic E-state index is 0.483. The van der Waals surface area contributed by atoms with Crippen LogP contribution in [-0.4, -0.2) is 12.0 Å². The minimum Gasteiger partial charge on any atom is -0.311 e. The molecule has 1 atom stereocenters. The molecule has 1 aliphatic carbocycles.